The van der Waals surface area contributed by atoms with Crippen LogP contribution < -0.4 is 10.7 Å². The van der Waals surface area contributed by atoms with Crippen molar-refractivity contribution in [2.24, 2.45) is 5.10 Å². The minimum atomic E-state index is 0.473. The predicted molar refractivity (Wildman–Crippen MR) is 106 cm³/mol. The molecule has 0 unspecified atom stereocenters. The Bertz CT molecular complexity index is 831. The van der Waals surface area contributed by atoms with Crippen molar-refractivity contribution in [3.05, 3.63) is 90.3 Å². The third kappa shape index (κ3) is 5.22. The van der Waals surface area contributed by atoms with Gasteiger partial charge in [0.05, 0.1) is 6.21 Å². The van der Waals surface area contributed by atoms with Crippen molar-refractivity contribution >= 4 is 23.5 Å². The fourth-order valence-corrected chi connectivity index (χ4v) is 2.41. The van der Waals surface area contributed by atoms with Crippen molar-refractivity contribution in [1.29, 1.82) is 0 Å². The monoisotopic (exact) mass is 346 g/mol. The number of hydrogen-bond donors (Lipinski definition) is 2. The Morgan fingerprint density at radius 1 is 0.960 bits per heavy atom. The highest BCUT2D eigenvalue weighted by molar-refractivity contribution is 7.80. The van der Waals surface area contributed by atoms with Gasteiger partial charge in [0.15, 0.2) is 5.11 Å². The summed E-state index contributed by atoms with van der Waals surface area (Å²) in [6.07, 6.45) is 5.29. The Morgan fingerprint density at radius 2 is 1.72 bits per heavy atom. The second-order valence-corrected chi connectivity index (χ2v) is 5.81. The van der Waals surface area contributed by atoms with Gasteiger partial charge in [0.2, 0.25) is 0 Å². The quantitative estimate of drug-likeness (QED) is 0.420. The number of hydrogen-bond acceptors (Lipinski definition) is 3. The first kappa shape index (κ1) is 16.8. The summed E-state index contributed by atoms with van der Waals surface area (Å²) in [7, 11) is 0. The molecule has 0 spiro atoms. The molecule has 1 heterocycles. The van der Waals surface area contributed by atoms with E-state index in [9.17, 15) is 0 Å². The molecule has 0 radical (unpaired) electrons. The highest BCUT2D eigenvalue weighted by Crippen LogP contribution is 2.18. The maximum Gasteiger partial charge on any atom is 0.187 e. The van der Waals surface area contributed by atoms with Crippen LogP contribution in [0.25, 0.3) is 11.1 Å². The molecule has 0 atom stereocenters. The molecule has 3 aromatic rings. The molecule has 0 aliphatic heterocycles. The second-order valence-electron chi connectivity index (χ2n) is 5.40. The smallest absolute Gasteiger partial charge is 0.187 e. The molecule has 5 heteroatoms. The lowest BCUT2D eigenvalue weighted by molar-refractivity contribution is 0.864. The molecule has 0 saturated heterocycles. The van der Waals surface area contributed by atoms with Gasteiger partial charge in [0.25, 0.3) is 0 Å². The van der Waals surface area contributed by atoms with Crippen molar-refractivity contribution in [2.45, 2.75) is 6.54 Å². The summed E-state index contributed by atoms with van der Waals surface area (Å²) in [6, 6.07) is 22.4. The van der Waals surface area contributed by atoms with Crippen LogP contribution >= 0.6 is 12.2 Å². The Hall–Kier alpha value is -3.05. The SMILES string of the molecule is S=C(NCc1cccnc1)NN=Cc1ccc(-c2ccccc2)cc1. The van der Waals surface area contributed by atoms with Gasteiger partial charge in [-0.2, -0.15) is 5.10 Å². The average Bonchev–Trinajstić information content (AvgIpc) is 2.68. The summed E-state index contributed by atoms with van der Waals surface area (Å²) in [5.74, 6) is 0. The normalized spacial score (nSPS) is 10.6. The van der Waals surface area contributed by atoms with E-state index in [4.69, 9.17) is 12.2 Å². The maximum absolute atomic E-state index is 5.20. The lowest BCUT2D eigenvalue weighted by Gasteiger charge is -2.06. The van der Waals surface area contributed by atoms with Gasteiger partial charge in [-0.15, -0.1) is 0 Å². The molecule has 0 fully saturated rings. The van der Waals surface area contributed by atoms with E-state index in [0.29, 0.717) is 11.7 Å². The first-order valence-electron chi connectivity index (χ1n) is 7.92. The first-order chi connectivity index (χ1) is 12.3. The van der Waals surface area contributed by atoms with Crippen LogP contribution in [0.2, 0.25) is 0 Å². The number of aromatic nitrogens is 1. The second kappa shape index (κ2) is 8.70. The van der Waals surface area contributed by atoms with Crippen molar-refractivity contribution < 1.29 is 0 Å². The third-order valence-corrected chi connectivity index (χ3v) is 3.81. The highest BCUT2D eigenvalue weighted by Gasteiger charge is 1.97. The van der Waals surface area contributed by atoms with Crippen LogP contribution in [0.4, 0.5) is 0 Å². The first-order valence-corrected chi connectivity index (χ1v) is 8.33. The van der Waals surface area contributed by atoms with E-state index < -0.39 is 0 Å². The average molecular weight is 346 g/mol. The van der Waals surface area contributed by atoms with Crippen LogP contribution in [-0.2, 0) is 6.54 Å². The number of benzene rings is 2. The highest BCUT2D eigenvalue weighted by atomic mass is 32.1. The Morgan fingerprint density at radius 3 is 2.44 bits per heavy atom. The Kier molecular flexibility index (Phi) is 5.85. The zero-order valence-corrected chi connectivity index (χ0v) is 14.4. The Balaban J connectivity index is 1.49. The summed E-state index contributed by atoms with van der Waals surface area (Å²) >= 11 is 5.20. The van der Waals surface area contributed by atoms with Crippen molar-refractivity contribution in [1.82, 2.24) is 15.7 Å². The van der Waals surface area contributed by atoms with Crippen molar-refractivity contribution in [2.75, 3.05) is 0 Å². The van der Waals surface area contributed by atoms with Gasteiger partial charge in [-0.05, 0) is 40.5 Å². The lowest BCUT2D eigenvalue weighted by Crippen LogP contribution is -2.31. The van der Waals surface area contributed by atoms with Crippen LogP contribution in [0.1, 0.15) is 11.1 Å². The third-order valence-electron chi connectivity index (χ3n) is 3.57. The minimum Gasteiger partial charge on any atom is -0.357 e. The molecule has 1 aromatic heterocycles. The van der Waals surface area contributed by atoms with Crippen LogP contribution in [0, 0.1) is 0 Å². The molecular formula is C20H18N4S. The molecule has 2 aromatic carbocycles. The number of nitrogens with one attached hydrogen (secondary N) is 2. The zero-order chi connectivity index (χ0) is 17.3. The van der Waals surface area contributed by atoms with E-state index in [0.717, 1.165) is 11.1 Å². The van der Waals surface area contributed by atoms with Gasteiger partial charge in [-0.1, -0.05) is 60.7 Å². The van der Waals surface area contributed by atoms with Crippen LogP contribution in [0.15, 0.2) is 84.2 Å². The molecule has 25 heavy (non-hydrogen) atoms. The Labute approximate surface area is 152 Å². The van der Waals surface area contributed by atoms with E-state index in [1.807, 2.05) is 42.5 Å². The minimum absolute atomic E-state index is 0.473. The summed E-state index contributed by atoms with van der Waals surface area (Å²) in [5.41, 5.74) is 7.26. The molecule has 0 aliphatic rings. The molecule has 3 rings (SSSR count). The molecule has 124 valence electrons. The molecule has 0 saturated carbocycles. The van der Waals surface area contributed by atoms with Gasteiger partial charge >= 0.3 is 0 Å². The van der Waals surface area contributed by atoms with Gasteiger partial charge in [-0.25, -0.2) is 0 Å². The van der Waals surface area contributed by atoms with E-state index in [1.165, 1.54) is 11.1 Å². The van der Waals surface area contributed by atoms with E-state index in [2.05, 4.69) is 45.1 Å². The molecular weight excluding hydrogens is 328 g/mol. The molecule has 4 nitrogen and oxygen atoms in total. The van der Waals surface area contributed by atoms with Crippen molar-refractivity contribution in [3.8, 4) is 11.1 Å². The maximum atomic E-state index is 5.20. The molecule has 2 N–H and O–H groups in total. The zero-order valence-electron chi connectivity index (χ0n) is 13.6. The largest absolute Gasteiger partial charge is 0.357 e. The number of pyridine rings is 1. The standard InChI is InChI=1S/C20H18N4S/c25-20(22-14-17-5-4-12-21-13-17)24-23-15-16-8-10-19(11-9-16)18-6-2-1-3-7-18/h1-13,15H,14H2,(H2,22,24,25). The van der Waals surface area contributed by atoms with Crippen LogP contribution in [0.5, 0.6) is 0 Å². The predicted octanol–water partition coefficient (Wildman–Crippen LogP) is 3.75. The summed E-state index contributed by atoms with van der Waals surface area (Å²) in [4.78, 5) is 4.06. The number of rotatable bonds is 5. The molecule has 0 amide bonds. The van der Waals surface area contributed by atoms with Gasteiger partial charge < -0.3 is 5.32 Å². The number of hydrazone groups is 1. The van der Waals surface area contributed by atoms with E-state index in [1.54, 1.807) is 18.6 Å². The van der Waals surface area contributed by atoms with Crippen LogP contribution in [-0.4, -0.2) is 16.3 Å². The van der Waals surface area contributed by atoms with Crippen molar-refractivity contribution in [3.63, 3.8) is 0 Å². The van der Waals surface area contributed by atoms with Gasteiger partial charge in [0.1, 0.15) is 0 Å². The van der Waals surface area contributed by atoms with E-state index >= 15 is 0 Å². The topological polar surface area (TPSA) is 49.3 Å². The van der Waals surface area contributed by atoms with Gasteiger partial charge in [-0.3, -0.25) is 10.4 Å². The molecule has 0 bridgehead atoms. The lowest BCUT2D eigenvalue weighted by atomic mass is 10.0. The summed E-state index contributed by atoms with van der Waals surface area (Å²) in [5, 5.41) is 7.72. The van der Waals surface area contributed by atoms with Gasteiger partial charge in [0, 0.05) is 18.9 Å². The number of thiocarbonyl (C=S) groups is 1. The van der Waals surface area contributed by atoms with E-state index in [-0.39, 0.29) is 0 Å². The number of nitrogens with zero attached hydrogens (tertiary/aromatic N) is 2. The van der Waals surface area contributed by atoms with Crippen LogP contribution in [0.3, 0.4) is 0 Å². The fourth-order valence-electron chi connectivity index (χ4n) is 2.28. The fraction of sp³-hybridized carbons (Fsp3) is 0.0500. The summed E-state index contributed by atoms with van der Waals surface area (Å²) < 4.78 is 0. The molecule has 0 aliphatic carbocycles. The summed E-state index contributed by atoms with van der Waals surface area (Å²) in [6.45, 7) is 0.612.